The lowest BCUT2D eigenvalue weighted by Gasteiger charge is -2.14. The van der Waals surface area contributed by atoms with E-state index in [1.807, 2.05) is 31.1 Å². The Bertz CT molecular complexity index is 972. The third-order valence-electron chi connectivity index (χ3n) is 4.69. The summed E-state index contributed by atoms with van der Waals surface area (Å²) in [5.41, 5.74) is 8.25. The molecule has 0 fully saturated rings. The lowest BCUT2D eigenvalue weighted by Crippen LogP contribution is -2.22. The van der Waals surface area contributed by atoms with Crippen LogP contribution < -0.4 is 16.4 Å². The van der Waals surface area contributed by atoms with Crippen LogP contribution in [0.3, 0.4) is 0 Å². The van der Waals surface area contributed by atoms with Gasteiger partial charge in [0.15, 0.2) is 0 Å². The Morgan fingerprint density at radius 1 is 1.39 bits per heavy atom. The first-order valence-electron chi connectivity index (χ1n) is 10.0. The van der Waals surface area contributed by atoms with Gasteiger partial charge >= 0.3 is 6.09 Å². The van der Waals surface area contributed by atoms with E-state index in [1.54, 1.807) is 18.2 Å². The van der Waals surface area contributed by atoms with Crippen LogP contribution in [0, 0.1) is 0 Å². The van der Waals surface area contributed by atoms with Gasteiger partial charge < -0.3 is 25.7 Å². The lowest BCUT2D eigenvalue weighted by molar-refractivity contribution is -0.116. The van der Waals surface area contributed by atoms with Crippen molar-refractivity contribution in [1.82, 2.24) is 14.9 Å². The predicted molar refractivity (Wildman–Crippen MR) is 121 cm³/mol. The summed E-state index contributed by atoms with van der Waals surface area (Å²) in [5, 5.41) is 5.89. The Labute approximate surface area is 186 Å². The molecule has 0 saturated carbocycles. The first kappa shape index (κ1) is 22.8. The average molecular weight is 447 g/mol. The number of hydrogen-bond donors (Lipinski definition) is 4. The van der Waals surface area contributed by atoms with E-state index in [1.165, 1.54) is 0 Å². The second kappa shape index (κ2) is 10.4. The fraction of sp³-hybridized carbons (Fsp3) is 0.381. The van der Waals surface area contributed by atoms with Gasteiger partial charge in [-0.2, -0.15) is 0 Å². The van der Waals surface area contributed by atoms with E-state index >= 15 is 0 Å². The highest BCUT2D eigenvalue weighted by Crippen LogP contribution is 2.35. The minimum Gasteiger partial charge on any atom is -0.448 e. The molecule has 2 bridgehead atoms. The standard InChI is InChI=1S/C21H27ClN6O3/c1-28(2)10-11-31-21(30)24-13-8-9-14-16(12-13)25-17(29)7-5-3-4-6-15(23)20-26-18(14)19(22)27-20/h3-4,8-9,12,15H,5-7,10-11,23H2,1-2H3,(H,24,30)(H,25,29)(H,26,27)/b4-3-/t15-/m0/s1. The van der Waals surface area contributed by atoms with Gasteiger partial charge in [-0.1, -0.05) is 23.8 Å². The molecule has 10 heteroatoms. The zero-order valence-electron chi connectivity index (χ0n) is 17.6. The number of allylic oxidation sites excluding steroid dienone is 1. The van der Waals surface area contributed by atoms with Crippen LogP contribution in [0.2, 0.25) is 5.15 Å². The van der Waals surface area contributed by atoms with E-state index in [-0.39, 0.29) is 18.6 Å². The molecule has 2 heterocycles. The quantitative estimate of drug-likeness (QED) is 0.532. The van der Waals surface area contributed by atoms with Crippen molar-refractivity contribution < 1.29 is 14.3 Å². The Hall–Kier alpha value is -2.88. The highest BCUT2D eigenvalue weighted by molar-refractivity contribution is 6.32. The van der Waals surface area contributed by atoms with Crippen LogP contribution in [0.25, 0.3) is 11.3 Å². The molecule has 31 heavy (non-hydrogen) atoms. The number of ether oxygens (including phenoxy) is 1. The molecule has 0 unspecified atom stereocenters. The van der Waals surface area contributed by atoms with Crippen molar-refractivity contribution in [3.05, 3.63) is 41.3 Å². The van der Waals surface area contributed by atoms with Gasteiger partial charge in [0.05, 0.1) is 11.7 Å². The molecule has 1 aliphatic rings. The van der Waals surface area contributed by atoms with Crippen LogP contribution in [0.15, 0.2) is 30.4 Å². The van der Waals surface area contributed by atoms with E-state index in [4.69, 9.17) is 22.1 Å². The predicted octanol–water partition coefficient (Wildman–Crippen LogP) is 3.52. The van der Waals surface area contributed by atoms with Crippen molar-refractivity contribution in [1.29, 1.82) is 0 Å². The minimum absolute atomic E-state index is 0.160. The molecule has 166 valence electrons. The second-order valence-electron chi connectivity index (χ2n) is 7.51. The highest BCUT2D eigenvalue weighted by Gasteiger charge is 2.19. The molecular weight excluding hydrogens is 420 g/mol. The number of halogens is 1. The van der Waals surface area contributed by atoms with Crippen molar-refractivity contribution in [2.45, 2.75) is 25.3 Å². The largest absolute Gasteiger partial charge is 0.448 e. The van der Waals surface area contributed by atoms with Crippen molar-refractivity contribution in [2.75, 3.05) is 37.9 Å². The number of nitrogens with zero attached hydrogens (tertiary/aromatic N) is 2. The van der Waals surface area contributed by atoms with Crippen LogP contribution in [0.1, 0.15) is 31.1 Å². The van der Waals surface area contributed by atoms with Gasteiger partial charge in [-0.25, -0.2) is 9.78 Å². The first-order chi connectivity index (χ1) is 14.8. The van der Waals surface area contributed by atoms with Gasteiger partial charge in [0.2, 0.25) is 5.91 Å². The SMILES string of the molecule is CN(C)CCOC(=O)Nc1ccc2c(c1)NC(=O)CC/C=C\C[C@H](N)c1nc-2c(Cl)[nH]1. The van der Waals surface area contributed by atoms with Gasteiger partial charge in [0, 0.05) is 24.2 Å². The highest BCUT2D eigenvalue weighted by atomic mass is 35.5. The summed E-state index contributed by atoms with van der Waals surface area (Å²) < 4.78 is 5.16. The second-order valence-corrected chi connectivity index (χ2v) is 7.89. The maximum absolute atomic E-state index is 12.5. The fourth-order valence-corrected chi connectivity index (χ4v) is 3.27. The molecule has 1 aromatic carbocycles. The van der Waals surface area contributed by atoms with E-state index < -0.39 is 6.09 Å². The number of imidazole rings is 1. The number of H-pyrrole nitrogens is 1. The molecular formula is C21H27ClN6O3. The van der Waals surface area contributed by atoms with Gasteiger partial charge in [0.1, 0.15) is 23.3 Å². The molecule has 0 saturated heterocycles. The molecule has 1 aliphatic heterocycles. The Kier molecular flexibility index (Phi) is 7.67. The number of anilines is 2. The van der Waals surface area contributed by atoms with Crippen molar-refractivity contribution >= 4 is 35.0 Å². The number of carbonyl (C=O) groups is 2. The van der Waals surface area contributed by atoms with E-state index in [2.05, 4.69) is 20.6 Å². The van der Waals surface area contributed by atoms with Crippen LogP contribution in [0.5, 0.6) is 0 Å². The number of likely N-dealkylation sites (N-methyl/N-ethyl adjacent to an activating group) is 1. The number of carbonyl (C=O) groups excluding carboxylic acids is 2. The third-order valence-corrected chi connectivity index (χ3v) is 4.96. The first-order valence-corrected chi connectivity index (χ1v) is 10.4. The number of aromatic nitrogens is 2. The molecule has 5 N–H and O–H groups in total. The summed E-state index contributed by atoms with van der Waals surface area (Å²) in [6.45, 7) is 0.879. The van der Waals surface area contributed by atoms with E-state index in [0.29, 0.717) is 59.4 Å². The van der Waals surface area contributed by atoms with E-state index in [9.17, 15) is 9.59 Å². The van der Waals surface area contributed by atoms with Gasteiger partial charge in [0.25, 0.3) is 0 Å². The van der Waals surface area contributed by atoms with Crippen LogP contribution >= 0.6 is 11.6 Å². The summed E-state index contributed by atoms with van der Waals surface area (Å²) >= 11 is 6.39. The Morgan fingerprint density at radius 3 is 2.97 bits per heavy atom. The number of benzene rings is 1. The van der Waals surface area contributed by atoms with Gasteiger partial charge in [-0.3, -0.25) is 10.1 Å². The minimum atomic E-state index is -0.575. The monoisotopic (exact) mass is 446 g/mol. The topological polar surface area (TPSA) is 125 Å². The van der Waals surface area contributed by atoms with Crippen LogP contribution in [0.4, 0.5) is 16.2 Å². The maximum atomic E-state index is 12.5. The maximum Gasteiger partial charge on any atom is 0.411 e. The summed E-state index contributed by atoms with van der Waals surface area (Å²) in [6.07, 6.45) is 4.76. The number of nitrogens with one attached hydrogen (secondary N) is 3. The van der Waals surface area contributed by atoms with Crippen molar-refractivity contribution in [2.24, 2.45) is 5.73 Å². The normalized spacial score (nSPS) is 17.6. The smallest absolute Gasteiger partial charge is 0.411 e. The number of rotatable bonds is 4. The van der Waals surface area contributed by atoms with Crippen LogP contribution in [-0.4, -0.2) is 54.1 Å². The average Bonchev–Trinajstić information content (AvgIpc) is 3.08. The molecule has 2 amide bonds. The van der Waals surface area contributed by atoms with Gasteiger partial charge in [-0.05, 0) is 45.1 Å². The molecule has 9 nitrogen and oxygen atoms in total. The van der Waals surface area contributed by atoms with Gasteiger partial charge in [-0.15, -0.1) is 0 Å². The molecule has 0 spiro atoms. The summed E-state index contributed by atoms with van der Waals surface area (Å²) in [4.78, 5) is 34.0. The number of fused-ring (bicyclic) bond motifs is 4. The summed E-state index contributed by atoms with van der Waals surface area (Å²) in [6, 6.07) is 4.75. The Balaban J connectivity index is 1.89. The molecule has 0 radical (unpaired) electrons. The Morgan fingerprint density at radius 2 is 2.19 bits per heavy atom. The molecule has 2 aromatic rings. The molecule has 1 atom stereocenters. The zero-order chi connectivity index (χ0) is 22.4. The number of aromatic amines is 1. The zero-order valence-corrected chi connectivity index (χ0v) is 18.3. The third kappa shape index (κ3) is 6.30. The van der Waals surface area contributed by atoms with Crippen molar-refractivity contribution in [3.8, 4) is 11.3 Å². The van der Waals surface area contributed by atoms with E-state index in [0.717, 1.165) is 0 Å². The van der Waals surface area contributed by atoms with Crippen LogP contribution in [-0.2, 0) is 9.53 Å². The number of hydrogen-bond acceptors (Lipinski definition) is 6. The lowest BCUT2D eigenvalue weighted by atomic mass is 10.1. The number of nitrogens with two attached hydrogens (primary N) is 1. The summed E-state index contributed by atoms with van der Waals surface area (Å²) in [7, 11) is 3.79. The number of amides is 2. The van der Waals surface area contributed by atoms with Crippen molar-refractivity contribution in [3.63, 3.8) is 0 Å². The summed E-state index contributed by atoms with van der Waals surface area (Å²) in [5.74, 6) is 0.403. The molecule has 1 aromatic heterocycles. The fourth-order valence-electron chi connectivity index (χ4n) is 3.03. The molecule has 0 aliphatic carbocycles. The molecule has 3 rings (SSSR count).